The number of amides is 2. The van der Waals surface area contributed by atoms with Crippen molar-refractivity contribution in [3.8, 4) is 0 Å². The molecule has 0 aliphatic carbocycles. The van der Waals surface area contributed by atoms with Crippen LogP contribution in [0.25, 0.3) is 0 Å². The molecule has 2 N–H and O–H groups in total. The van der Waals surface area contributed by atoms with Crippen molar-refractivity contribution in [1.82, 2.24) is 20.6 Å². The molecule has 108 valence electrons. The molecule has 0 saturated heterocycles. The third-order valence-electron chi connectivity index (χ3n) is 2.89. The molecule has 0 fully saturated rings. The fourth-order valence-electron chi connectivity index (χ4n) is 1.66. The van der Waals surface area contributed by atoms with E-state index in [1.54, 1.807) is 11.3 Å². The van der Waals surface area contributed by atoms with Crippen LogP contribution in [-0.2, 0) is 6.54 Å². The molecule has 0 aliphatic heterocycles. The number of rotatable bonds is 5. The summed E-state index contributed by atoms with van der Waals surface area (Å²) in [4.78, 5) is 21.2. The topological polar surface area (TPSA) is 80.0 Å². The fourth-order valence-corrected chi connectivity index (χ4v) is 2.48. The van der Waals surface area contributed by atoms with E-state index in [4.69, 9.17) is 4.42 Å². The molecule has 2 heterocycles. The Labute approximate surface area is 121 Å². The minimum absolute atomic E-state index is 0.202. The molecule has 2 amide bonds. The zero-order valence-corrected chi connectivity index (χ0v) is 12.6. The van der Waals surface area contributed by atoms with E-state index in [9.17, 15) is 4.79 Å². The Kier molecular flexibility index (Phi) is 4.73. The summed E-state index contributed by atoms with van der Waals surface area (Å²) in [6, 6.07) is -0.215. The van der Waals surface area contributed by atoms with Gasteiger partial charge < -0.3 is 15.1 Å². The van der Waals surface area contributed by atoms with Crippen molar-refractivity contribution in [3.63, 3.8) is 0 Å². The van der Waals surface area contributed by atoms with Gasteiger partial charge in [0.25, 0.3) is 0 Å². The molecule has 0 aliphatic rings. The van der Waals surface area contributed by atoms with E-state index in [0.717, 1.165) is 16.5 Å². The molecule has 7 heteroatoms. The van der Waals surface area contributed by atoms with Crippen LogP contribution < -0.4 is 10.6 Å². The number of nitrogens with one attached hydrogen (secondary N) is 2. The summed E-state index contributed by atoms with van der Waals surface area (Å²) in [5.74, 6) is 0.921. The van der Waals surface area contributed by atoms with Crippen molar-refractivity contribution < 1.29 is 9.21 Å². The van der Waals surface area contributed by atoms with Crippen LogP contribution in [0.2, 0.25) is 0 Å². The summed E-state index contributed by atoms with van der Waals surface area (Å²) in [5, 5.41) is 6.62. The highest BCUT2D eigenvalue weighted by Gasteiger charge is 2.11. The highest BCUT2D eigenvalue weighted by atomic mass is 32.1. The molecule has 0 saturated carbocycles. The average molecular weight is 294 g/mol. The van der Waals surface area contributed by atoms with Crippen molar-refractivity contribution in [2.75, 3.05) is 6.54 Å². The molecule has 2 rings (SSSR count). The number of carbonyl (C=O) groups excluding carboxylic acids is 1. The maximum atomic E-state index is 11.7. The van der Waals surface area contributed by atoms with Gasteiger partial charge in [0.2, 0.25) is 0 Å². The first-order valence-corrected chi connectivity index (χ1v) is 7.21. The number of thiazole rings is 1. The molecule has 0 radical (unpaired) electrons. The summed E-state index contributed by atoms with van der Waals surface area (Å²) in [6.07, 6.45) is 3.22. The number of aromatic nitrogens is 2. The molecule has 20 heavy (non-hydrogen) atoms. The second kappa shape index (κ2) is 6.51. The lowest BCUT2D eigenvalue weighted by atomic mass is 10.2. The Morgan fingerprint density at radius 3 is 2.80 bits per heavy atom. The first-order valence-electron chi connectivity index (χ1n) is 6.39. The number of hydrogen-bond acceptors (Lipinski definition) is 5. The third kappa shape index (κ3) is 3.80. The van der Waals surface area contributed by atoms with Crippen molar-refractivity contribution >= 4 is 17.4 Å². The van der Waals surface area contributed by atoms with Crippen LogP contribution in [-0.4, -0.2) is 22.5 Å². The van der Waals surface area contributed by atoms with Gasteiger partial charge in [0.15, 0.2) is 6.39 Å². The molecule has 0 aromatic carbocycles. The van der Waals surface area contributed by atoms with Crippen molar-refractivity contribution in [2.24, 2.45) is 0 Å². The number of carbonyl (C=O) groups is 1. The smallest absolute Gasteiger partial charge is 0.315 e. The second-order valence-electron chi connectivity index (χ2n) is 4.63. The lowest BCUT2D eigenvalue weighted by Gasteiger charge is -2.10. The zero-order chi connectivity index (χ0) is 14.5. The van der Waals surface area contributed by atoms with Gasteiger partial charge >= 0.3 is 6.03 Å². The number of hydrogen-bond donors (Lipinski definition) is 2. The third-order valence-corrected chi connectivity index (χ3v) is 4.03. The van der Waals surface area contributed by atoms with Crippen LogP contribution >= 0.6 is 11.3 Å². The van der Waals surface area contributed by atoms with E-state index in [-0.39, 0.29) is 11.9 Å². The van der Waals surface area contributed by atoms with Gasteiger partial charge in [-0.2, -0.15) is 0 Å². The Bertz CT molecular complexity index is 578. The molecule has 0 spiro atoms. The predicted octanol–water partition coefficient (Wildman–Crippen LogP) is 2.35. The summed E-state index contributed by atoms with van der Waals surface area (Å²) < 4.78 is 5.07. The first kappa shape index (κ1) is 14.5. The average Bonchev–Trinajstić information content (AvgIpc) is 3.02. The van der Waals surface area contributed by atoms with E-state index >= 15 is 0 Å². The van der Waals surface area contributed by atoms with Crippen molar-refractivity contribution in [1.29, 1.82) is 0 Å². The second-order valence-corrected chi connectivity index (χ2v) is 5.90. The molecule has 2 aromatic rings. The van der Waals surface area contributed by atoms with Crippen molar-refractivity contribution in [2.45, 2.75) is 33.2 Å². The normalized spacial score (nSPS) is 12.2. The van der Waals surface area contributed by atoms with E-state index in [1.165, 1.54) is 11.3 Å². The highest BCUT2D eigenvalue weighted by Crippen LogP contribution is 2.20. The number of nitrogens with zero attached hydrogens (tertiary/aromatic N) is 2. The molecule has 1 atom stereocenters. The maximum Gasteiger partial charge on any atom is 0.315 e. The predicted molar refractivity (Wildman–Crippen MR) is 76.7 cm³/mol. The van der Waals surface area contributed by atoms with Gasteiger partial charge in [-0.1, -0.05) is 6.92 Å². The van der Waals surface area contributed by atoms with E-state index < -0.39 is 0 Å². The SMILES string of the molecule is Cc1cnc(C(C)CNC(=O)NCc2ncoc2C)s1. The van der Waals surface area contributed by atoms with Crippen LogP contribution in [0.1, 0.15) is 34.2 Å². The quantitative estimate of drug-likeness (QED) is 0.887. The van der Waals surface area contributed by atoms with Crippen LogP contribution in [0.3, 0.4) is 0 Å². The van der Waals surface area contributed by atoms with Gasteiger partial charge in [0, 0.05) is 23.5 Å². The standard InChI is InChI=1S/C13H18N4O2S/c1-8(12-14-5-9(2)20-12)4-15-13(18)16-6-11-10(3)19-7-17-11/h5,7-8H,4,6H2,1-3H3,(H2,15,16,18). The Balaban J connectivity index is 1.74. The van der Waals surface area contributed by atoms with Crippen LogP contribution in [0, 0.1) is 13.8 Å². The number of urea groups is 1. The van der Waals surface area contributed by atoms with Gasteiger partial charge in [-0.15, -0.1) is 11.3 Å². The molecule has 0 bridgehead atoms. The Morgan fingerprint density at radius 2 is 2.20 bits per heavy atom. The Hall–Kier alpha value is -1.89. The zero-order valence-electron chi connectivity index (χ0n) is 11.8. The molecule has 1 unspecified atom stereocenters. The van der Waals surface area contributed by atoms with E-state index in [0.29, 0.717) is 13.1 Å². The van der Waals surface area contributed by atoms with Gasteiger partial charge in [-0.05, 0) is 13.8 Å². The van der Waals surface area contributed by atoms with Gasteiger partial charge in [-0.25, -0.2) is 14.8 Å². The van der Waals surface area contributed by atoms with Crippen LogP contribution in [0.4, 0.5) is 4.79 Å². The van der Waals surface area contributed by atoms with Gasteiger partial charge in [0.05, 0.1) is 11.6 Å². The van der Waals surface area contributed by atoms with Crippen LogP contribution in [0.15, 0.2) is 17.0 Å². The number of aryl methyl sites for hydroxylation is 2. The number of oxazole rings is 1. The summed E-state index contributed by atoms with van der Waals surface area (Å²) in [7, 11) is 0. The molecule has 6 nitrogen and oxygen atoms in total. The highest BCUT2D eigenvalue weighted by molar-refractivity contribution is 7.11. The fraction of sp³-hybridized carbons (Fsp3) is 0.462. The largest absolute Gasteiger partial charge is 0.448 e. The summed E-state index contributed by atoms with van der Waals surface area (Å²) >= 11 is 1.66. The summed E-state index contributed by atoms with van der Waals surface area (Å²) in [6.45, 7) is 6.79. The van der Waals surface area contributed by atoms with E-state index in [1.807, 2.05) is 27.0 Å². The monoisotopic (exact) mass is 294 g/mol. The molecular formula is C13H18N4O2S. The summed E-state index contributed by atoms with van der Waals surface area (Å²) in [5.41, 5.74) is 0.740. The van der Waals surface area contributed by atoms with Gasteiger partial charge in [0.1, 0.15) is 11.5 Å². The van der Waals surface area contributed by atoms with Gasteiger partial charge in [-0.3, -0.25) is 0 Å². The first-order chi connectivity index (χ1) is 9.56. The minimum atomic E-state index is -0.215. The van der Waals surface area contributed by atoms with Crippen LogP contribution in [0.5, 0.6) is 0 Å². The lowest BCUT2D eigenvalue weighted by Crippen LogP contribution is -2.37. The molecular weight excluding hydrogens is 276 g/mol. The van der Waals surface area contributed by atoms with E-state index in [2.05, 4.69) is 20.6 Å². The minimum Gasteiger partial charge on any atom is -0.448 e. The lowest BCUT2D eigenvalue weighted by molar-refractivity contribution is 0.240. The molecule has 2 aromatic heterocycles. The maximum absolute atomic E-state index is 11.7. The Morgan fingerprint density at radius 1 is 1.40 bits per heavy atom. The van der Waals surface area contributed by atoms with Crippen molar-refractivity contribution in [3.05, 3.63) is 33.9 Å².